The highest BCUT2D eigenvalue weighted by molar-refractivity contribution is 7.47. The highest BCUT2D eigenvalue weighted by Crippen LogP contribution is 2.43. The van der Waals surface area contributed by atoms with Crippen LogP contribution in [-0.2, 0) is 18.4 Å². The number of carbonyl (C=O) groups excluding carboxylic acids is 1. The van der Waals surface area contributed by atoms with Crippen LogP contribution in [0.25, 0.3) is 0 Å². The van der Waals surface area contributed by atoms with Gasteiger partial charge in [-0.2, -0.15) is 0 Å². The van der Waals surface area contributed by atoms with E-state index in [1.54, 1.807) is 6.08 Å². The quantitative estimate of drug-likeness (QED) is 0.0246. The number of likely N-dealkylation sites (N-methyl/N-ethyl adjacent to an activating group) is 1. The molecule has 0 heterocycles. The van der Waals surface area contributed by atoms with E-state index in [1.807, 2.05) is 27.2 Å². The van der Waals surface area contributed by atoms with Crippen LogP contribution in [-0.4, -0.2) is 73.4 Å². The highest BCUT2D eigenvalue weighted by atomic mass is 31.2. The van der Waals surface area contributed by atoms with Gasteiger partial charge >= 0.3 is 7.82 Å². The second-order valence-corrected chi connectivity index (χ2v) is 18.2. The third kappa shape index (κ3) is 40.7. The number of aliphatic hydroxyl groups is 1. The second-order valence-electron chi connectivity index (χ2n) is 16.8. The molecule has 0 aliphatic rings. The maximum Gasteiger partial charge on any atom is 0.472 e. The first kappa shape index (κ1) is 53.7. The Hall–Kier alpha value is -1.28. The minimum atomic E-state index is -4.33. The van der Waals surface area contributed by atoms with Crippen LogP contribution in [0.2, 0.25) is 0 Å². The maximum atomic E-state index is 12.8. The number of hydrogen-bond donors (Lipinski definition) is 3. The third-order valence-corrected chi connectivity index (χ3v) is 11.1. The fraction of sp³-hybridized carbons (Fsp3) is 0.848. The van der Waals surface area contributed by atoms with Crippen molar-refractivity contribution >= 4 is 13.7 Å². The van der Waals surface area contributed by atoms with Crippen molar-refractivity contribution in [1.29, 1.82) is 0 Å². The first-order valence-electron chi connectivity index (χ1n) is 22.9. The van der Waals surface area contributed by atoms with E-state index >= 15 is 0 Å². The number of phosphoric acid groups is 1. The van der Waals surface area contributed by atoms with E-state index in [0.717, 1.165) is 51.4 Å². The number of nitrogens with zero attached hydrogens (tertiary/aromatic N) is 1. The van der Waals surface area contributed by atoms with E-state index < -0.39 is 20.0 Å². The van der Waals surface area contributed by atoms with Crippen LogP contribution in [0.5, 0.6) is 0 Å². The summed E-state index contributed by atoms with van der Waals surface area (Å²) in [5.74, 6) is -0.187. The molecule has 0 rings (SSSR count). The van der Waals surface area contributed by atoms with E-state index in [-0.39, 0.29) is 19.1 Å². The van der Waals surface area contributed by atoms with Gasteiger partial charge in [0.2, 0.25) is 5.91 Å². The summed E-state index contributed by atoms with van der Waals surface area (Å²) in [7, 11) is 1.56. The molecule has 1 amide bonds. The van der Waals surface area contributed by atoms with E-state index in [2.05, 4.69) is 43.5 Å². The van der Waals surface area contributed by atoms with Gasteiger partial charge in [-0.15, -0.1) is 0 Å². The molecule has 0 saturated carbocycles. The van der Waals surface area contributed by atoms with Crippen molar-refractivity contribution in [2.24, 2.45) is 0 Å². The summed E-state index contributed by atoms with van der Waals surface area (Å²) < 4.78 is 23.5. The zero-order valence-corrected chi connectivity index (χ0v) is 37.6. The molecule has 3 N–H and O–H groups in total. The van der Waals surface area contributed by atoms with Gasteiger partial charge in [0.15, 0.2) is 0 Å². The largest absolute Gasteiger partial charge is 0.472 e. The van der Waals surface area contributed by atoms with Crippen molar-refractivity contribution < 1.29 is 32.9 Å². The molecule has 3 unspecified atom stereocenters. The number of nitrogens with one attached hydrogen (secondary N) is 1. The smallest absolute Gasteiger partial charge is 0.387 e. The number of phosphoric ester groups is 1. The normalized spacial score (nSPS) is 14.7. The van der Waals surface area contributed by atoms with E-state index in [1.165, 1.54) is 128 Å². The molecule has 0 fully saturated rings. The fourth-order valence-electron chi connectivity index (χ4n) is 6.42. The average Bonchev–Trinajstić information content (AvgIpc) is 3.13. The molecule has 324 valence electrons. The molecular formula is C46H90N2O6P+. The van der Waals surface area contributed by atoms with Crippen molar-refractivity contribution in [2.45, 2.75) is 212 Å². The molecule has 8 nitrogen and oxygen atoms in total. The van der Waals surface area contributed by atoms with Crippen LogP contribution in [0.3, 0.4) is 0 Å². The summed E-state index contributed by atoms with van der Waals surface area (Å²) in [4.78, 5) is 23.1. The van der Waals surface area contributed by atoms with Crippen LogP contribution in [0, 0.1) is 0 Å². The molecule has 0 aromatic carbocycles. The second kappa shape index (κ2) is 38.2. The molecule has 0 spiro atoms. The lowest BCUT2D eigenvalue weighted by Gasteiger charge is -2.25. The summed E-state index contributed by atoms with van der Waals surface area (Å²) in [5, 5.41) is 13.8. The number of aliphatic hydroxyl groups excluding tert-OH is 1. The standard InChI is InChI=1S/C46H89N2O6P/c1-6-8-10-12-14-16-18-19-20-21-22-23-24-25-26-27-28-29-30-32-34-36-38-40-46(50)47-44(43-54-55(51,52)53-42-41-48(3,4)5)45(49)39-37-35-33-31-17-15-13-11-9-7-2/h22-23,25-26,37,39,44-45,49H,6-21,24,27-36,38,40-43H2,1-5H3,(H-,47,50,51,52)/p+1/b23-22-,26-25-,39-37+. The van der Waals surface area contributed by atoms with Gasteiger partial charge < -0.3 is 19.8 Å². The Kier molecular flexibility index (Phi) is 37.4. The first-order valence-corrected chi connectivity index (χ1v) is 24.4. The van der Waals surface area contributed by atoms with Gasteiger partial charge in [0, 0.05) is 6.42 Å². The summed E-state index contributed by atoms with van der Waals surface area (Å²) in [6.45, 7) is 4.78. The Morgan fingerprint density at radius 1 is 0.618 bits per heavy atom. The number of hydrogen-bond acceptors (Lipinski definition) is 5. The molecule has 0 aliphatic heterocycles. The number of unbranched alkanes of at least 4 members (excludes halogenated alkanes) is 24. The number of carbonyl (C=O) groups is 1. The third-order valence-electron chi connectivity index (χ3n) is 10.1. The Morgan fingerprint density at radius 3 is 1.49 bits per heavy atom. The first-order chi connectivity index (χ1) is 26.5. The van der Waals surface area contributed by atoms with Crippen LogP contribution in [0.1, 0.15) is 200 Å². The average molecular weight is 798 g/mol. The molecule has 3 atom stereocenters. The van der Waals surface area contributed by atoms with Crippen molar-refractivity contribution in [3.63, 3.8) is 0 Å². The lowest BCUT2D eigenvalue weighted by Crippen LogP contribution is -2.45. The van der Waals surface area contributed by atoms with Gasteiger partial charge in [-0.1, -0.05) is 179 Å². The molecule has 0 radical (unpaired) electrons. The molecule has 0 saturated heterocycles. The summed E-state index contributed by atoms with van der Waals surface area (Å²) >= 11 is 0. The van der Waals surface area contributed by atoms with Gasteiger partial charge in [-0.05, 0) is 51.4 Å². The van der Waals surface area contributed by atoms with Crippen LogP contribution in [0.15, 0.2) is 36.5 Å². The number of allylic oxidation sites excluding steroid dienone is 5. The Bertz CT molecular complexity index is 995. The van der Waals surface area contributed by atoms with Crippen LogP contribution in [0.4, 0.5) is 0 Å². The summed E-state index contributed by atoms with van der Waals surface area (Å²) in [5.41, 5.74) is 0. The lowest BCUT2D eigenvalue weighted by molar-refractivity contribution is -0.870. The van der Waals surface area contributed by atoms with E-state index in [0.29, 0.717) is 17.4 Å². The molecule has 0 bridgehead atoms. The molecule has 0 aromatic rings. The topological polar surface area (TPSA) is 105 Å². The van der Waals surface area contributed by atoms with Gasteiger partial charge in [-0.25, -0.2) is 4.57 Å². The molecular weight excluding hydrogens is 707 g/mol. The lowest BCUT2D eigenvalue weighted by atomic mass is 10.1. The highest BCUT2D eigenvalue weighted by Gasteiger charge is 2.27. The molecule has 9 heteroatoms. The van der Waals surface area contributed by atoms with Crippen LogP contribution < -0.4 is 5.32 Å². The van der Waals surface area contributed by atoms with Gasteiger partial charge in [0.05, 0.1) is 39.9 Å². The monoisotopic (exact) mass is 798 g/mol. The predicted molar refractivity (Wildman–Crippen MR) is 235 cm³/mol. The van der Waals surface area contributed by atoms with E-state index in [4.69, 9.17) is 9.05 Å². The van der Waals surface area contributed by atoms with E-state index in [9.17, 15) is 19.4 Å². The number of quaternary nitrogens is 1. The zero-order chi connectivity index (χ0) is 40.7. The Labute approximate surface area is 340 Å². The summed E-state index contributed by atoms with van der Waals surface area (Å²) in [6, 6.07) is -0.848. The maximum absolute atomic E-state index is 12.8. The summed E-state index contributed by atoms with van der Waals surface area (Å²) in [6.07, 6.45) is 46.5. The van der Waals surface area contributed by atoms with Crippen molar-refractivity contribution in [1.82, 2.24) is 5.32 Å². The Balaban J connectivity index is 4.27. The van der Waals surface area contributed by atoms with Gasteiger partial charge in [-0.3, -0.25) is 13.8 Å². The van der Waals surface area contributed by atoms with Crippen molar-refractivity contribution in [3.05, 3.63) is 36.5 Å². The fourth-order valence-corrected chi connectivity index (χ4v) is 7.16. The SMILES string of the molecule is CCCCCCCCCC/C=C/C(O)C(COP(=O)(O)OCC[N+](C)(C)C)NC(=O)CCCCCCCCC/C=C\C/C=C\CCCCCCCCCCC. The minimum Gasteiger partial charge on any atom is -0.387 e. The van der Waals surface area contributed by atoms with Gasteiger partial charge in [0.1, 0.15) is 13.2 Å². The molecule has 0 aromatic heterocycles. The van der Waals surface area contributed by atoms with Crippen molar-refractivity contribution in [2.75, 3.05) is 40.9 Å². The van der Waals surface area contributed by atoms with Crippen molar-refractivity contribution in [3.8, 4) is 0 Å². The minimum absolute atomic E-state index is 0.0593. The molecule has 0 aliphatic carbocycles. The predicted octanol–water partition coefficient (Wildman–Crippen LogP) is 12.7. The van der Waals surface area contributed by atoms with Gasteiger partial charge in [0.25, 0.3) is 0 Å². The zero-order valence-electron chi connectivity index (χ0n) is 36.7. The Morgan fingerprint density at radius 2 is 1.04 bits per heavy atom. The molecule has 55 heavy (non-hydrogen) atoms. The number of rotatable bonds is 41. The van der Waals surface area contributed by atoms with Crippen LogP contribution >= 0.6 is 7.82 Å². The number of amides is 1.